The molecule has 0 bridgehead atoms. The van der Waals surface area contributed by atoms with Crippen LogP contribution in [-0.2, 0) is 19.1 Å². The second kappa shape index (κ2) is 13.8. The van der Waals surface area contributed by atoms with Gasteiger partial charge in [-0.15, -0.1) is 0 Å². The SMILES string of the molecule is CCCCCCC(=O)Oc1ccccc1C(=O)OCC(=O)OCCCCC. The summed E-state index contributed by atoms with van der Waals surface area (Å²) in [4.78, 5) is 35.7. The van der Waals surface area contributed by atoms with Crippen molar-refractivity contribution < 1.29 is 28.6 Å². The van der Waals surface area contributed by atoms with E-state index in [0.29, 0.717) is 13.0 Å². The zero-order chi connectivity index (χ0) is 19.9. The molecule has 1 rings (SSSR count). The fourth-order valence-electron chi connectivity index (χ4n) is 2.38. The van der Waals surface area contributed by atoms with Gasteiger partial charge in [-0.05, 0) is 25.0 Å². The van der Waals surface area contributed by atoms with E-state index in [1.54, 1.807) is 12.1 Å². The van der Waals surface area contributed by atoms with E-state index in [2.05, 4.69) is 13.8 Å². The number of esters is 3. The average Bonchev–Trinajstić information content (AvgIpc) is 2.67. The minimum atomic E-state index is -0.727. The molecule has 0 heterocycles. The molecule has 0 saturated heterocycles. The number of hydrogen-bond donors (Lipinski definition) is 0. The normalized spacial score (nSPS) is 10.3. The Balaban J connectivity index is 2.48. The highest BCUT2D eigenvalue weighted by Gasteiger charge is 2.17. The average molecular weight is 378 g/mol. The van der Waals surface area contributed by atoms with Crippen molar-refractivity contribution in [1.82, 2.24) is 0 Å². The second-order valence-corrected chi connectivity index (χ2v) is 6.28. The number of carbonyl (C=O) groups excluding carboxylic acids is 3. The van der Waals surface area contributed by atoms with Crippen molar-refractivity contribution >= 4 is 17.9 Å². The Morgan fingerprint density at radius 1 is 0.815 bits per heavy atom. The Labute approximate surface area is 161 Å². The number of para-hydroxylation sites is 1. The molecule has 0 aliphatic carbocycles. The van der Waals surface area contributed by atoms with E-state index in [-0.39, 0.29) is 17.3 Å². The van der Waals surface area contributed by atoms with Crippen LogP contribution in [0.1, 0.15) is 75.6 Å². The molecule has 0 radical (unpaired) electrons. The van der Waals surface area contributed by atoms with Crippen LogP contribution in [-0.4, -0.2) is 31.1 Å². The topological polar surface area (TPSA) is 78.9 Å². The number of hydrogen-bond acceptors (Lipinski definition) is 6. The van der Waals surface area contributed by atoms with Crippen LogP contribution in [0.4, 0.5) is 0 Å². The number of unbranched alkanes of at least 4 members (excludes halogenated alkanes) is 5. The predicted molar refractivity (Wildman–Crippen MR) is 102 cm³/mol. The maximum Gasteiger partial charge on any atom is 0.344 e. The van der Waals surface area contributed by atoms with Gasteiger partial charge in [-0.3, -0.25) is 4.79 Å². The largest absolute Gasteiger partial charge is 0.463 e. The van der Waals surface area contributed by atoms with Gasteiger partial charge in [0, 0.05) is 6.42 Å². The summed E-state index contributed by atoms with van der Waals surface area (Å²) >= 11 is 0. The molecule has 0 saturated carbocycles. The Kier molecular flexibility index (Phi) is 11.6. The molecule has 0 N–H and O–H groups in total. The van der Waals surface area contributed by atoms with Crippen LogP contribution in [0, 0.1) is 0 Å². The Morgan fingerprint density at radius 2 is 1.52 bits per heavy atom. The Hall–Kier alpha value is -2.37. The van der Waals surface area contributed by atoms with Crippen molar-refractivity contribution in [1.29, 1.82) is 0 Å². The van der Waals surface area contributed by atoms with Crippen molar-refractivity contribution in [2.75, 3.05) is 13.2 Å². The summed E-state index contributed by atoms with van der Waals surface area (Å²) in [5.74, 6) is -1.57. The minimum Gasteiger partial charge on any atom is -0.463 e. The minimum absolute atomic E-state index is 0.109. The van der Waals surface area contributed by atoms with E-state index in [9.17, 15) is 14.4 Å². The highest BCUT2D eigenvalue weighted by Crippen LogP contribution is 2.20. The van der Waals surface area contributed by atoms with Crippen LogP contribution < -0.4 is 4.74 Å². The van der Waals surface area contributed by atoms with Gasteiger partial charge >= 0.3 is 17.9 Å². The third-order valence-electron chi connectivity index (χ3n) is 3.90. The zero-order valence-corrected chi connectivity index (χ0v) is 16.3. The van der Waals surface area contributed by atoms with Crippen LogP contribution in [0.25, 0.3) is 0 Å². The van der Waals surface area contributed by atoms with Gasteiger partial charge in [-0.25, -0.2) is 9.59 Å². The van der Waals surface area contributed by atoms with E-state index in [0.717, 1.165) is 44.9 Å². The molecule has 0 aliphatic rings. The van der Waals surface area contributed by atoms with E-state index in [1.165, 1.54) is 12.1 Å². The summed E-state index contributed by atoms with van der Waals surface area (Å²) in [6.07, 6.45) is 6.97. The standard InChI is InChI=1S/C21H30O6/c1-3-5-7-8-14-19(22)27-18-13-10-9-12-17(18)21(24)26-16-20(23)25-15-11-6-4-2/h9-10,12-13H,3-8,11,14-16H2,1-2H3. The van der Waals surface area contributed by atoms with E-state index >= 15 is 0 Å². The molecule has 0 atom stereocenters. The molecular formula is C21H30O6. The molecule has 6 nitrogen and oxygen atoms in total. The lowest BCUT2D eigenvalue weighted by Crippen LogP contribution is -2.18. The fourth-order valence-corrected chi connectivity index (χ4v) is 2.38. The summed E-state index contributed by atoms with van der Waals surface area (Å²) in [6.45, 7) is 4.00. The molecule has 0 unspecified atom stereocenters. The molecule has 1 aromatic carbocycles. The van der Waals surface area contributed by atoms with Gasteiger partial charge in [-0.1, -0.05) is 58.1 Å². The second-order valence-electron chi connectivity index (χ2n) is 6.28. The van der Waals surface area contributed by atoms with Gasteiger partial charge in [0.1, 0.15) is 11.3 Å². The third kappa shape index (κ3) is 9.78. The molecule has 0 aliphatic heterocycles. The first-order valence-corrected chi connectivity index (χ1v) is 9.70. The van der Waals surface area contributed by atoms with Crippen molar-refractivity contribution in [2.45, 2.75) is 65.2 Å². The summed E-state index contributed by atoms with van der Waals surface area (Å²) in [5, 5.41) is 0. The van der Waals surface area contributed by atoms with Gasteiger partial charge in [0.25, 0.3) is 0 Å². The smallest absolute Gasteiger partial charge is 0.344 e. The van der Waals surface area contributed by atoms with Gasteiger partial charge in [-0.2, -0.15) is 0 Å². The number of rotatable bonds is 13. The van der Waals surface area contributed by atoms with Crippen molar-refractivity contribution in [3.05, 3.63) is 29.8 Å². The first kappa shape index (κ1) is 22.7. The maximum absolute atomic E-state index is 12.2. The van der Waals surface area contributed by atoms with Crippen LogP contribution in [0.15, 0.2) is 24.3 Å². The lowest BCUT2D eigenvalue weighted by atomic mass is 10.1. The van der Waals surface area contributed by atoms with E-state index in [4.69, 9.17) is 14.2 Å². The molecule has 6 heteroatoms. The summed E-state index contributed by atoms with van der Waals surface area (Å²) in [5.41, 5.74) is 0.109. The van der Waals surface area contributed by atoms with Gasteiger partial charge in [0.05, 0.1) is 6.61 Å². The molecule has 0 amide bonds. The molecule has 0 fully saturated rings. The number of benzene rings is 1. The highest BCUT2D eigenvalue weighted by atomic mass is 16.6. The van der Waals surface area contributed by atoms with Gasteiger partial charge in [0.15, 0.2) is 6.61 Å². The lowest BCUT2D eigenvalue weighted by Gasteiger charge is -2.10. The number of ether oxygens (including phenoxy) is 3. The Morgan fingerprint density at radius 3 is 2.26 bits per heavy atom. The fraction of sp³-hybridized carbons (Fsp3) is 0.571. The number of carbonyl (C=O) groups is 3. The quantitative estimate of drug-likeness (QED) is 0.287. The van der Waals surface area contributed by atoms with Crippen molar-refractivity contribution in [3.63, 3.8) is 0 Å². The Bertz CT molecular complexity index is 596. The molecule has 1 aromatic rings. The molecular weight excluding hydrogens is 348 g/mol. The molecule has 0 spiro atoms. The lowest BCUT2D eigenvalue weighted by molar-refractivity contribution is -0.147. The first-order valence-electron chi connectivity index (χ1n) is 9.70. The van der Waals surface area contributed by atoms with Crippen molar-refractivity contribution in [2.24, 2.45) is 0 Å². The van der Waals surface area contributed by atoms with Crippen LogP contribution >= 0.6 is 0 Å². The van der Waals surface area contributed by atoms with Gasteiger partial charge < -0.3 is 14.2 Å². The molecule has 0 aromatic heterocycles. The summed E-state index contributed by atoms with van der Waals surface area (Å²) in [7, 11) is 0. The first-order chi connectivity index (χ1) is 13.1. The van der Waals surface area contributed by atoms with Crippen molar-refractivity contribution in [3.8, 4) is 5.75 Å². The summed E-state index contributed by atoms with van der Waals surface area (Å²) < 4.78 is 15.3. The summed E-state index contributed by atoms with van der Waals surface area (Å²) in [6, 6.07) is 6.33. The highest BCUT2D eigenvalue weighted by molar-refractivity contribution is 5.94. The van der Waals surface area contributed by atoms with Crippen LogP contribution in [0.5, 0.6) is 5.75 Å². The van der Waals surface area contributed by atoms with E-state index < -0.39 is 18.5 Å². The molecule has 27 heavy (non-hydrogen) atoms. The van der Waals surface area contributed by atoms with E-state index in [1.807, 2.05) is 0 Å². The van der Waals surface area contributed by atoms with Crippen LogP contribution in [0.3, 0.4) is 0 Å². The van der Waals surface area contributed by atoms with Crippen LogP contribution in [0.2, 0.25) is 0 Å². The van der Waals surface area contributed by atoms with Gasteiger partial charge in [0.2, 0.25) is 0 Å². The zero-order valence-electron chi connectivity index (χ0n) is 16.3. The predicted octanol–water partition coefficient (Wildman–Crippen LogP) is 4.45. The monoisotopic (exact) mass is 378 g/mol. The maximum atomic E-state index is 12.2. The molecule has 150 valence electrons. The third-order valence-corrected chi connectivity index (χ3v) is 3.90.